The van der Waals surface area contributed by atoms with Gasteiger partial charge in [-0.05, 0) is 60.9 Å². The Morgan fingerprint density at radius 2 is 1.88 bits per heavy atom. The summed E-state index contributed by atoms with van der Waals surface area (Å²) in [6.45, 7) is 8.69. The summed E-state index contributed by atoms with van der Waals surface area (Å²) in [6.07, 6.45) is 4.68. The van der Waals surface area contributed by atoms with Crippen molar-refractivity contribution in [3.8, 4) is 0 Å². The van der Waals surface area contributed by atoms with Gasteiger partial charge in [-0.3, -0.25) is 9.59 Å². The molecule has 8 heteroatoms. The Morgan fingerprint density at radius 1 is 1.15 bits per heavy atom. The number of hydrogen-bond acceptors (Lipinski definition) is 4. The van der Waals surface area contributed by atoms with Crippen LogP contribution in [0.25, 0.3) is 0 Å². The van der Waals surface area contributed by atoms with Gasteiger partial charge < -0.3 is 15.5 Å². The average molecular weight is 491 g/mol. The number of aromatic nitrogens is 1. The lowest BCUT2D eigenvalue weighted by Gasteiger charge is -2.31. The number of halogens is 2. The minimum Gasteiger partial charge on any atom is -0.357 e. The van der Waals surface area contributed by atoms with Gasteiger partial charge in [-0.25, -0.2) is 4.98 Å². The molecular weight excluding hydrogens is 459 g/mol. The second kappa shape index (κ2) is 11.7. The van der Waals surface area contributed by atoms with E-state index >= 15 is 0 Å². The molecular formula is C25H32Cl2N4O2. The number of hydrogen-bond donors (Lipinski definition) is 2. The third-order valence-electron chi connectivity index (χ3n) is 5.89. The number of nitrogens with zero attached hydrogens (tertiary/aromatic N) is 2. The molecule has 0 aliphatic carbocycles. The number of piperidine rings is 1. The summed E-state index contributed by atoms with van der Waals surface area (Å²) >= 11 is 12.1. The molecule has 1 aromatic heterocycles. The molecule has 0 spiro atoms. The number of rotatable bonds is 8. The van der Waals surface area contributed by atoms with Gasteiger partial charge in [-0.1, -0.05) is 50.0 Å². The van der Waals surface area contributed by atoms with Crippen molar-refractivity contribution in [1.29, 1.82) is 0 Å². The summed E-state index contributed by atoms with van der Waals surface area (Å²) in [5.41, 5.74) is 1.20. The Labute approximate surface area is 206 Å². The van der Waals surface area contributed by atoms with E-state index in [-0.39, 0.29) is 22.4 Å². The number of benzene rings is 1. The van der Waals surface area contributed by atoms with E-state index in [1.165, 1.54) is 18.9 Å². The molecule has 1 aliphatic heterocycles. The Kier molecular flexibility index (Phi) is 8.98. The summed E-state index contributed by atoms with van der Waals surface area (Å²) < 4.78 is 0. The van der Waals surface area contributed by atoms with Gasteiger partial charge in [0.1, 0.15) is 11.9 Å². The van der Waals surface area contributed by atoms with Crippen LogP contribution >= 0.6 is 23.2 Å². The van der Waals surface area contributed by atoms with Crippen molar-refractivity contribution in [2.45, 2.75) is 52.6 Å². The van der Waals surface area contributed by atoms with Gasteiger partial charge in [0.05, 0.1) is 10.6 Å². The van der Waals surface area contributed by atoms with Crippen LogP contribution in [0.15, 0.2) is 36.5 Å². The smallest absolute Gasteiger partial charge is 0.253 e. The highest BCUT2D eigenvalue weighted by Gasteiger charge is 2.23. The van der Waals surface area contributed by atoms with Crippen LogP contribution in [0.5, 0.6) is 0 Å². The quantitative estimate of drug-likeness (QED) is 0.540. The molecule has 3 rings (SSSR count). The molecule has 1 aliphatic rings. The van der Waals surface area contributed by atoms with Crippen LogP contribution in [0, 0.1) is 11.8 Å². The highest BCUT2D eigenvalue weighted by molar-refractivity contribution is 6.36. The predicted molar refractivity (Wildman–Crippen MR) is 134 cm³/mol. The van der Waals surface area contributed by atoms with Crippen molar-refractivity contribution < 1.29 is 9.59 Å². The summed E-state index contributed by atoms with van der Waals surface area (Å²) in [7, 11) is 0. The predicted octanol–water partition coefficient (Wildman–Crippen LogP) is 5.09. The number of amides is 2. The normalized spacial score (nSPS) is 15.4. The molecule has 0 saturated carbocycles. The SMILES string of the molecule is CC(C)CC(NC(=O)c1ccc(Cl)cc1Cl)C(=O)NCc1ccc(N2CCC(C)CC2)nc1. The fourth-order valence-electron chi connectivity index (χ4n) is 3.87. The first-order valence-corrected chi connectivity index (χ1v) is 12.2. The largest absolute Gasteiger partial charge is 0.357 e. The van der Waals surface area contributed by atoms with Crippen molar-refractivity contribution in [3.05, 3.63) is 57.7 Å². The van der Waals surface area contributed by atoms with Gasteiger partial charge in [-0.15, -0.1) is 0 Å². The highest BCUT2D eigenvalue weighted by Crippen LogP contribution is 2.22. The van der Waals surface area contributed by atoms with Crippen molar-refractivity contribution in [2.75, 3.05) is 18.0 Å². The van der Waals surface area contributed by atoms with Crippen molar-refractivity contribution in [1.82, 2.24) is 15.6 Å². The monoisotopic (exact) mass is 490 g/mol. The first-order chi connectivity index (χ1) is 15.7. The van der Waals surface area contributed by atoms with Gasteiger partial charge in [0, 0.05) is 30.9 Å². The van der Waals surface area contributed by atoms with E-state index in [9.17, 15) is 9.59 Å². The van der Waals surface area contributed by atoms with Crippen LogP contribution in [0.4, 0.5) is 5.82 Å². The fourth-order valence-corrected chi connectivity index (χ4v) is 4.37. The Balaban J connectivity index is 1.58. The van der Waals surface area contributed by atoms with Crippen molar-refractivity contribution >= 4 is 40.8 Å². The molecule has 0 bridgehead atoms. The van der Waals surface area contributed by atoms with Crippen LogP contribution in [0.1, 0.15) is 56.0 Å². The minimum absolute atomic E-state index is 0.218. The van der Waals surface area contributed by atoms with Gasteiger partial charge in [-0.2, -0.15) is 0 Å². The molecule has 1 saturated heterocycles. The van der Waals surface area contributed by atoms with Crippen molar-refractivity contribution in [3.63, 3.8) is 0 Å². The minimum atomic E-state index is -0.674. The lowest BCUT2D eigenvalue weighted by atomic mass is 9.99. The zero-order valence-corrected chi connectivity index (χ0v) is 20.9. The van der Waals surface area contributed by atoms with Crippen LogP contribution in [0.2, 0.25) is 10.0 Å². The van der Waals surface area contributed by atoms with E-state index < -0.39 is 11.9 Å². The van der Waals surface area contributed by atoms with E-state index in [4.69, 9.17) is 23.2 Å². The first-order valence-electron chi connectivity index (χ1n) is 11.5. The van der Waals surface area contributed by atoms with E-state index in [0.717, 1.165) is 30.4 Å². The zero-order chi connectivity index (χ0) is 24.0. The molecule has 1 aromatic carbocycles. The van der Waals surface area contributed by atoms with Gasteiger partial charge in [0.15, 0.2) is 0 Å². The van der Waals surface area contributed by atoms with Crippen LogP contribution in [0.3, 0.4) is 0 Å². The summed E-state index contributed by atoms with van der Waals surface area (Å²) in [5, 5.41) is 6.44. The van der Waals surface area contributed by atoms with Crippen molar-refractivity contribution in [2.24, 2.45) is 11.8 Å². The standard InChI is InChI=1S/C25H32Cl2N4O2/c1-16(2)12-22(30-24(32)20-6-5-19(26)13-21(20)27)25(33)29-15-18-4-7-23(28-14-18)31-10-8-17(3)9-11-31/h4-7,13-14,16-17,22H,8-12,15H2,1-3H3,(H,29,33)(H,30,32). The van der Waals surface area contributed by atoms with E-state index in [2.05, 4.69) is 27.4 Å². The van der Waals surface area contributed by atoms with E-state index in [0.29, 0.717) is 18.0 Å². The van der Waals surface area contributed by atoms with E-state index in [1.54, 1.807) is 18.3 Å². The Bertz CT molecular complexity index is 957. The number of pyridine rings is 1. The van der Waals surface area contributed by atoms with Gasteiger partial charge >= 0.3 is 0 Å². The maximum absolute atomic E-state index is 12.9. The third kappa shape index (κ3) is 7.34. The summed E-state index contributed by atoms with van der Waals surface area (Å²) in [4.78, 5) is 32.5. The average Bonchev–Trinajstić information content (AvgIpc) is 2.77. The Morgan fingerprint density at radius 3 is 2.48 bits per heavy atom. The fraction of sp³-hybridized carbons (Fsp3) is 0.480. The zero-order valence-electron chi connectivity index (χ0n) is 19.4. The molecule has 0 radical (unpaired) electrons. The van der Waals surface area contributed by atoms with E-state index in [1.807, 2.05) is 26.0 Å². The lowest BCUT2D eigenvalue weighted by Crippen LogP contribution is -2.47. The molecule has 2 N–H and O–H groups in total. The molecule has 1 atom stereocenters. The molecule has 1 fully saturated rings. The maximum Gasteiger partial charge on any atom is 0.253 e. The lowest BCUT2D eigenvalue weighted by molar-refractivity contribution is -0.123. The molecule has 2 aromatic rings. The van der Waals surface area contributed by atoms with Crippen LogP contribution < -0.4 is 15.5 Å². The summed E-state index contributed by atoms with van der Waals surface area (Å²) in [6, 6.07) is 7.99. The molecule has 6 nitrogen and oxygen atoms in total. The van der Waals surface area contributed by atoms with Crippen LogP contribution in [-0.4, -0.2) is 35.9 Å². The van der Waals surface area contributed by atoms with Gasteiger partial charge in [0.2, 0.25) is 5.91 Å². The second-order valence-corrected chi connectivity index (χ2v) is 10.0. The third-order valence-corrected chi connectivity index (χ3v) is 6.44. The molecule has 1 unspecified atom stereocenters. The molecule has 2 amide bonds. The summed E-state index contributed by atoms with van der Waals surface area (Å²) in [5.74, 6) is 1.32. The molecule has 178 valence electrons. The Hall–Kier alpha value is -2.31. The number of anilines is 1. The maximum atomic E-state index is 12.9. The number of carbonyl (C=O) groups excluding carboxylic acids is 2. The topological polar surface area (TPSA) is 74.3 Å². The highest BCUT2D eigenvalue weighted by atomic mass is 35.5. The number of carbonyl (C=O) groups is 2. The second-order valence-electron chi connectivity index (χ2n) is 9.19. The van der Waals surface area contributed by atoms with Gasteiger partial charge in [0.25, 0.3) is 5.91 Å². The first kappa shape index (κ1) is 25.3. The van der Waals surface area contributed by atoms with Crippen LogP contribution in [-0.2, 0) is 11.3 Å². The molecule has 2 heterocycles. The number of nitrogens with one attached hydrogen (secondary N) is 2. The molecule has 33 heavy (non-hydrogen) atoms.